The molecule has 4 heterocycles. The molecule has 0 spiro atoms. The number of ether oxygens (including phenoxy) is 1. The summed E-state index contributed by atoms with van der Waals surface area (Å²) in [5.41, 5.74) is 3.96. The number of anilines is 1. The van der Waals surface area contributed by atoms with Crippen LogP contribution in [-0.4, -0.2) is 40.2 Å². The lowest BCUT2D eigenvalue weighted by Gasteiger charge is -2.16. The van der Waals surface area contributed by atoms with E-state index in [0.29, 0.717) is 13.0 Å². The molecule has 136 valence electrons. The van der Waals surface area contributed by atoms with Crippen LogP contribution in [0.25, 0.3) is 16.6 Å². The number of carbonyl (C=O) groups excluding carboxylic acids is 2. The highest BCUT2D eigenvalue weighted by molar-refractivity contribution is 5.94. The first-order valence-corrected chi connectivity index (χ1v) is 8.90. The Kier molecular flexibility index (Phi) is 3.43. The molecule has 2 amide bonds. The lowest BCUT2D eigenvalue weighted by atomic mass is 10.1. The fraction of sp³-hybridized carbons (Fsp3) is 0.250. The number of aromatic nitrogens is 2. The molecule has 1 saturated heterocycles. The molecule has 2 aliphatic rings. The number of hydrogen-bond donors (Lipinski definition) is 1. The van der Waals surface area contributed by atoms with Gasteiger partial charge in [0.25, 0.3) is 0 Å². The van der Waals surface area contributed by atoms with Crippen LogP contribution in [0.5, 0.6) is 0 Å². The monoisotopic (exact) mass is 362 g/mol. The summed E-state index contributed by atoms with van der Waals surface area (Å²) in [7, 11) is 0. The molecule has 0 radical (unpaired) electrons. The molecule has 0 saturated carbocycles. The van der Waals surface area contributed by atoms with Gasteiger partial charge in [0.05, 0.1) is 23.8 Å². The van der Waals surface area contributed by atoms with Gasteiger partial charge < -0.3 is 14.6 Å². The smallest absolute Gasteiger partial charge is 0.415 e. The Labute approximate surface area is 155 Å². The molecule has 2 aromatic heterocycles. The third kappa shape index (κ3) is 2.54. The maximum absolute atomic E-state index is 12.3. The zero-order valence-electron chi connectivity index (χ0n) is 14.8. The van der Waals surface area contributed by atoms with Crippen LogP contribution in [0.4, 0.5) is 10.5 Å². The first-order chi connectivity index (χ1) is 13.1. The van der Waals surface area contributed by atoms with Gasteiger partial charge >= 0.3 is 6.09 Å². The van der Waals surface area contributed by atoms with E-state index in [1.165, 1.54) is 6.92 Å². The summed E-state index contributed by atoms with van der Waals surface area (Å²) in [6.07, 6.45) is 5.85. The summed E-state index contributed by atoms with van der Waals surface area (Å²) in [6.45, 7) is 1.79. The van der Waals surface area contributed by atoms with Crippen molar-refractivity contribution in [3.05, 3.63) is 54.5 Å². The average Bonchev–Trinajstić information content (AvgIpc) is 3.32. The van der Waals surface area contributed by atoms with Crippen LogP contribution in [0.15, 0.2) is 48.9 Å². The molecule has 2 aliphatic heterocycles. The zero-order chi connectivity index (χ0) is 18.5. The normalized spacial score (nSPS) is 20.5. The van der Waals surface area contributed by atoms with Crippen LogP contribution in [-0.2, 0) is 16.0 Å². The van der Waals surface area contributed by atoms with Gasteiger partial charge in [0, 0.05) is 36.6 Å². The van der Waals surface area contributed by atoms with Gasteiger partial charge in [0.2, 0.25) is 5.91 Å². The van der Waals surface area contributed by atoms with Crippen molar-refractivity contribution in [1.82, 2.24) is 14.9 Å². The lowest BCUT2D eigenvalue weighted by molar-refractivity contribution is -0.119. The van der Waals surface area contributed by atoms with E-state index < -0.39 is 0 Å². The Morgan fingerprint density at radius 2 is 2.22 bits per heavy atom. The molecule has 7 heteroatoms. The Hall–Kier alpha value is -3.35. The Bertz CT molecular complexity index is 1040. The van der Waals surface area contributed by atoms with Gasteiger partial charge in [-0.3, -0.25) is 14.7 Å². The van der Waals surface area contributed by atoms with E-state index in [4.69, 9.17) is 4.74 Å². The molecule has 7 nitrogen and oxygen atoms in total. The SMILES string of the molecule is CC(=O)NC[C@@H]1OC(=O)N2c3ccc(-n4cc5cccnc5c4)cc3C[C@@H]12. The molecule has 3 aromatic rings. The molecule has 5 rings (SSSR count). The number of fused-ring (bicyclic) bond motifs is 4. The Morgan fingerprint density at radius 3 is 3.04 bits per heavy atom. The molecule has 0 aliphatic carbocycles. The Morgan fingerprint density at radius 1 is 1.33 bits per heavy atom. The molecule has 2 atom stereocenters. The van der Waals surface area contributed by atoms with Crippen molar-refractivity contribution in [2.75, 3.05) is 11.4 Å². The molecule has 0 bridgehead atoms. The van der Waals surface area contributed by atoms with Gasteiger partial charge in [-0.2, -0.15) is 0 Å². The molecule has 27 heavy (non-hydrogen) atoms. The topological polar surface area (TPSA) is 76.5 Å². The summed E-state index contributed by atoms with van der Waals surface area (Å²) >= 11 is 0. The zero-order valence-corrected chi connectivity index (χ0v) is 14.8. The second-order valence-corrected chi connectivity index (χ2v) is 6.96. The number of hydrogen-bond acceptors (Lipinski definition) is 4. The maximum atomic E-state index is 12.3. The van der Waals surface area contributed by atoms with E-state index in [1.54, 1.807) is 11.1 Å². The fourth-order valence-electron chi connectivity index (χ4n) is 3.96. The number of carbonyl (C=O) groups is 2. The second kappa shape index (κ2) is 5.84. The van der Waals surface area contributed by atoms with Crippen molar-refractivity contribution >= 4 is 28.6 Å². The third-order valence-corrected chi connectivity index (χ3v) is 5.22. The van der Waals surface area contributed by atoms with Crippen molar-refractivity contribution in [3.63, 3.8) is 0 Å². The van der Waals surface area contributed by atoms with Crippen LogP contribution < -0.4 is 10.2 Å². The molecular formula is C20H18N4O3. The highest BCUT2D eigenvalue weighted by Gasteiger charge is 2.47. The van der Waals surface area contributed by atoms with E-state index >= 15 is 0 Å². The van der Waals surface area contributed by atoms with Crippen molar-refractivity contribution in [2.24, 2.45) is 0 Å². The highest BCUT2D eigenvalue weighted by Crippen LogP contribution is 2.39. The van der Waals surface area contributed by atoms with Gasteiger partial charge in [-0.1, -0.05) is 0 Å². The van der Waals surface area contributed by atoms with Crippen LogP contribution in [0.3, 0.4) is 0 Å². The van der Waals surface area contributed by atoms with Crippen molar-refractivity contribution in [2.45, 2.75) is 25.5 Å². The minimum absolute atomic E-state index is 0.0833. The van der Waals surface area contributed by atoms with Crippen LogP contribution in [0.2, 0.25) is 0 Å². The van der Waals surface area contributed by atoms with Gasteiger partial charge in [-0.25, -0.2) is 4.79 Å². The number of rotatable bonds is 3. The van der Waals surface area contributed by atoms with E-state index in [0.717, 1.165) is 27.8 Å². The minimum Gasteiger partial charge on any atom is -0.442 e. The molecule has 0 unspecified atom stereocenters. The average molecular weight is 362 g/mol. The molecule has 1 aromatic carbocycles. The van der Waals surface area contributed by atoms with E-state index in [9.17, 15) is 9.59 Å². The quantitative estimate of drug-likeness (QED) is 0.776. The fourth-order valence-corrected chi connectivity index (χ4v) is 3.96. The van der Waals surface area contributed by atoms with Crippen LogP contribution >= 0.6 is 0 Å². The number of nitrogens with one attached hydrogen (secondary N) is 1. The first-order valence-electron chi connectivity index (χ1n) is 8.90. The lowest BCUT2D eigenvalue weighted by Crippen LogP contribution is -2.40. The van der Waals surface area contributed by atoms with Gasteiger partial charge in [0.1, 0.15) is 6.10 Å². The summed E-state index contributed by atoms with van der Waals surface area (Å²) in [5.74, 6) is -0.129. The number of nitrogens with zero attached hydrogens (tertiary/aromatic N) is 3. The van der Waals surface area contributed by atoms with Crippen LogP contribution in [0, 0.1) is 0 Å². The van der Waals surface area contributed by atoms with E-state index in [-0.39, 0.29) is 24.1 Å². The standard InChI is InChI=1S/C20H18N4O3/c1-12(25)22-9-19-18-8-14-7-15(4-5-17(14)24(18)20(26)27-19)23-10-13-3-2-6-21-16(13)11-23/h2-7,10-11,18-19H,8-9H2,1H3,(H,22,25)/t18-,19-/m0/s1. The summed E-state index contributed by atoms with van der Waals surface area (Å²) in [4.78, 5) is 29.6. The predicted octanol–water partition coefficient (Wildman–Crippen LogP) is 2.41. The van der Waals surface area contributed by atoms with E-state index in [2.05, 4.69) is 20.9 Å². The van der Waals surface area contributed by atoms with Crippen molar-refractivity contribution < 1.29 is 14.3 Å². The van der Waals surface area contributed by atoms with Gasteiger partial charge in [-0.05, 0) is 42.3 Å². The summed E-state index contributed by atoms with van der Waals surface area (Å²) < 4.78 is 7.50. The van der Waals surface area contributed by atoms with Gasteiger partial charge in [-0.15, -0.1) is 0 Å². The first kappa shape index (κ1) is 15.9. The van der Waals surface area contributed by atoms with Crippen LogP contribution in [0.1, 0.15) is 12.5 Å². The highest BCUT2D eigenvalue weighted by atomic mass is 16.6. The predicted molar refractivity (Wildman–Crippen MR) is 100.0 cm³/mol. The second-order valence-electron chi connectivity index (χ2n) is 6.96. The number of cyclic esters (lactones) is 1. The number of pyridine rings is 1. The summed E-state index contributed by atoms with van der Waals surface area (Å²) in [5, 5.41) is 3.83. The Balaban J connectivity index is 1.46. The molecule has 1 fully saturated rings. The molecular weight excluding hydrogens is 344 g/mol. The van der Waals surface area contributed by atoms with Gasteiger partial charge in [0.15, 0.2) is 0 Å². The minimum atomic E-state index is -0.349. The van der Waals surface area contributed by atoms with E-state index in [1.807, 2.05) is 36.7 Å². The maximum Gasteiger partial charge on any atom is 0.415 e. The molecule has 1 N–H and O–H groups in total. The number of benzene rings is 1. The van der Waals surface area contributed by atoms with Crippen molar-refractivity contribution in [1.29, 1.82) is 0 Å². The largest absolute Gasteiger partial charge is 0.442 e. The summed E-state index contributed by atoms with van der Waals surface area (Å²) in [6, 6.07) is 9.93. The third-order valence-electron chi connectivity index (χ3n) is 5.22. The number of amides is 2. The van der Waals surface area contributed by atoms with Crippen molar-refractivity contribution in [3.8, 4) is 5.69 Å².